The summed E-state index contributed by atoms with van der Waals surface area (Å²) in [5.74, 6) is -0.0431. The molecule has 2 N–H and O–H groups in total. The largest absolute Gasteiger partial charge is 0.354 e. The normalized spacial score (nSPS) is 10.2. The Bertz CT molecular complexity index is 416. The molecule has 5 heteroatoms. The van der Waals surface area contributed by atoms with Crippen LogP contribution in [0, 0.1) is 5.92 Å². The van der Waals surface area contributed by atoms with E-state index in [-0.39, 0.29) is 18.4 Å². The fraction of sp³-hybridized carbons (Fsp3) is 0.385. The van der Waals surface area contributed by atoms with Crippen LogP contribution in [0.1, 0.15) is 24.2 Å². The summed E-state index contributed by atoms with van der Waals surface area (Å²) in [5, 5.41) is 5.30. The highest BCUT2D eigenvalue weighted by atomic mass is 32.1. The predicted octanol–water partition coefficient (Wildman–Crippen LogP) is 1.48. The Morgan fingerprint density at radius 1 is 1.17 bits per heavy atom. The van der Waals surface area contributed by atoms with Crippen LogP contribution in [0.25, 0.3) is 0 Å². The van der Waals surface area contributed by atoms with Gasteiger partial charge in [-0.25, -0.2) is 0 Å². The molecule has 98 valence electrons. The van der Waals surface area contributed by atoms with Gasteiger partial charge in [0.2, 0.25) is 5.91 Å². The minimum Gasteiger partial charge on any atom is -0.354 e. The molecule has 0 unspecified atom stereocenters. The molecule has 0 bridgehead atoms. The molecule has 0 aliphatic carbocycles. The zero-order chi connectivity index (χ0) is 13.5. The van der Waals surface area contributed by atoms with Crippen molar-refractivity contribution in [1.82, 2.24) is 10.6 Å². The highest BCUT2D eigenvalue weighted by Crippen LogP contribution is 2.07. The van der Waals surface area contributed by atoms with Crippen LogP contribution in [0.5, 0.6) is 0 Å². The third kappa shape index (κ3) is 5.23. The van der Waals surface area contributed by atoms with Crippen molar-refractivity contribution in [3.63, 3.8) is 0 Å². The van der Waals surface area contributed by atoms with Crippen molar-refractivity contribution in [2.24, 2.45) is 5.92 Å². The average molecular weight is 266 g/mol. The van der Waals surface area contributed by atoms with E-state index >= 15 is 0 Å². The molecule has 18 heavy (non-hydrogen) atoms. The second-order valence-electron chi connectivity index (χ2n) is 4.43. The highest BCUT2D eigenvalue weighted by molar-refractivity contribution is 7.80. The lowest BCUT2D eigenvalue weighted by Gasteiger charge is -2.08. The standard InChI is InChI=1S/C13H18N2O2S/c1-9(2)7-14-12(16)8-15-13(17)10-3-5-11(18)6-4-10/h3-6,9,18H,7-8H2,1-2H3,(H,14,16)(H,15,17). The molecule has 1 aromatic rings. The van der Waals surface area contributed by atoms with Crippen molar-refractivity contribution in [2.45, 2.75) is 18.7 Å². The maximum atomic E-state index is 11.7. The summed E-state index contributed by atoms with van der Waals surface area (Å²) in [4.78, 5) is 23.9. The minimum absolute atomic E-state index is 0.00577. The molecule has 4 nitrogen and oxygen atoms in total. The molecule has 0 aliphatic rings. The number of hydrogen-bond donors (Lipinski definition) is 3. The lowest BCUT2D eigenvalue weighted by Crippen LogP contribution is -2.38. The van der Waals surface area contributed by atoms with Gasteiger partial charge < -0.3 is 10.6 Å². The van der Waals surface area contributed by atoms with Gasteiger partial charge in [0.25, 0.3) is 5.91 Å². The first-order valence-corrected chi connectivity index (χ1v) is 6.27. The van der Waals surface area contributed by atoms with Crippen molar-refractivity contribution in [1.29, 1.82) is 0 Å². The van der Waals surface area contributed by atoms with Gasteiger partial charge in [0.05, 0.1) is 6.54 Å². The Kier molecular flexibility index (Phi) is 5.71. The van der Waals surface area contributed by atoms with E-state index in [9.17, 15) is 9.59 Å². The van der Waals surface area contributed by atoms with E-state index in [2.05, 4.69) is 23.3 Å². The van der Waals surface area contributed by atoms with Crippen LogP contribution in [0.15, 0.2) is 29.2 Å². The Morgan fingerprint density at radius 3 is 2.33 bits per heavy atom. The first-order chi connectivity index (χ1) is 8.49. The monoisotopic (exact) mass is 266 g/mol. The van der Waals surface area contributed by atoms with Crippen LogP contribution in [0.2, 0.25) is 0 Å². The lowest BCUT2D eigenvalue weighted by atomic mass is 10.2. The van der Waals surface area contributed by atoms with Crippen LogP contribution in [-0.4, -0.2) is 24.9 Å². The molecule has 1 aromatic carbocycles. The molecule has 0 heterocycles. The minimum atomic E-state index is -0.261. The van der Waals surface area contributed by atoms with Crippen LogP contribution in [-0.2, 0) is 4.79 Å². The van der Waals surface area contributed by atoms with E-state index in [1.165, 1.54) is 0 Å². The molecule has 2 amide bonds. The fourth-order valence-corrected chi connectivity index (χ4v) is 1.40. The number of carbonyl (C=O) groups is 2. The highest BCUT2D eigenvalue weighted by Gasteiger charge is 2.07. The first-order valence-electron chi connectivity index (χ1n) is 5.83. The summed E-state index contributed by atoms with van der Waals surface area (Å²) in [6.45, 7) is 4.63. The number of nitrogens with one attached hydrogen (secondary N) is 2. The van der Waals surface area contributed by atoms with Crippen LogP contribution in [0.3, 0.4) is 0 Å². The molecular weight excluding hydrogens is 248 g/mol. The Hall–Kier alpha value is -1.49. The summed E-state index contributed by atoms with van der Waals surface area (Å²) < 4.78 is 0. The fourth-order valence-electron chi connectivity index (χ4n) is 1.26. The van der Waals surface area contributed by atoms with Crippen molar-refractivity contribution in [3.05, 3.63) is 29.8 Å². The van der Waals surface area contributed by atoms with Crippen molar-refractivity contribution in [2.75, 3.05) is 13.1 Å². The second kappa shape index (κ2) is 7.06. The number of carbonyl (C=O) groups excluding carboxylic acids is 2. The van der Waals surface area contributed by atoms with Gasteiger partial charge in [-0.2, -0.15) is 0 Å². The Morgan fingerprint density at radius 2 is 1.78 bits per heavy atom. The predicted molar refractivity (Wildman–Crippen MR) is 73.9 cm³/mol. The van der Waals surface area contributed by atoms with E-state index in [1.807, 2.05) is 13.8 Å². The summed E-state index contributed by atoms with van der Waals surface area (Å²) in [6.07, 6.45) is 0. The van der Waals surface area contributed by atoms with Crippen molar-refractivity contribution >= 4 is 24.4 Å². The molecule has 0 atom stereocenters. The topological polar surface area (TPSA) is 58.2 Å². The van der Waals surface area contributed by atoms with Gasteiger partial charge in [0, 0.05) is 17.0 Å². The van der Waals surface area contributed by atoms with Gasteiger partial charge in [-0.05, 0) is 30.2 Å². The molecule has 0 fully saturated rings. The quantitative estimate of drug-likeness (QED) is 0.707. The summed E-state index contributed by atoms with van der Waals surface area (Å²) >= 11 is 4.14. The van der Waals surface area contributed by atoms with Crippen LogP contribution < -0.4 is 10.6 Å². The molecule has 0 aromatic heterocycles. The molecule has 0 saturated heterocycles. The van der Waals surface area contributed by atoms with E-state index in [0.717, 1.165) is 4.90 Å². The summed E-state index contributed by atoms with van der Waals surface area (Å²) in [7, 11) is 0. The number of amides is 2. The summed E-state index contributed by atoms with van der Waals surface area (Å²) in [5.41, 5.74) is 0.518. The van der Waals surface area contributed by atoms with E-state index in [1.54, 1.807) is 24.3 Å². The van der Waals surface area contributed by atoms with Crippen molar-refractivity contribution < 1.29 is 9.59 Å². The molecule has 0 radical (unpaired) electrons. The van der Waals surface area contributed by atoms with Crippen LogP contribution in [0.4, 0.5) is 0 Å². The van der Waals surface area contributed by atoms with Gasteiger partial charge in [0.15, 0.2) is 0 Å². The maximum absolute atomic E-state index is 11.7. The number of rotatable bonds is 5. The maximum Gasteiger partial charge on any atom is 0.251 e. The van der Waals surface area contributed by atoms with Gasteiger partial charge in [-0.3, -0.25) is 9.59 Å². The zero-order valence-corrected chi connectivity index (χ0v) is 11.5. The van der Waals surface area contributed by atoms with Crippen LogP contribution >= 0.6 is 12.6 Å². The van der Waals surface area contributed by atoms with E-state index < -0.39 is 0 Å². The summed E-state index contributed by atoms with van der Waals surface area (Å²) in [6, 6.07) is 6.81. The van der Waals surface area contributed by atoms with E-state index in [0.29, 0.717) is 18.0 Å². The third-order valence-electron chi connectivity index (χ3n) is 2.25. The molecule has 0 aliphatic heterocycles. The Labute approximate surface area is 113 Å². The van der Waals surface area contributed by atoms with E-state index in [4.69, 9.17) is 0 Å². The molecule has 1 rings (SSSR count). The molecule has 0 spiro atoms. The van der Waals surface area contributed by atoms with Gasteiger partial charge in [-0.1, -0.05) is 13.8 Å². The second-order valence-corrected chi connectivity index (χ2v) is 4.94. The lowest BCUT2D eigenvalue weighted by molar-refractivity contribution is -0.120. The average Bonchev–Trinajstić information content (AvgIpc) is 2.34. The number of thiol groups is 1. The van der Waals surface area contributed by atoms with Gasteiger partial charge >= 0.3 is 0 Å². The zero-order valence-electron chi connectivity index (χ0n) is 10.6. The van der Waals surface area contributed by atoms with Gasteiger partial charge in [-0.15, -0.1) is 12.6 Å². The SMILES string of the molecule is CC(C)CNC(=O)CNC(=O)c1ccc(S)cc1. The number of benzene rings is 1. The Balaban J connectivity index is 2.37. The number of hydrogen-bond acceptors (Lipinski definition) is 3. The smallest absolute Gasteiger partial charge is 0.251 e. The molecule has 0 saturated carbocycles. The molecular formula is C13H18N2O2S. The van der Waals surface area contributed by atoms with Crippen molar-refractivity contribution in [3.8, 4) is 0 Å². The third-order valence-corrected chi connectivity index (χ3v) is 2.54. The first kappa shape index (κ1) is 14.6. The van der Waals surface area contributed by atoms with Gasteiger partial charge in [0.1, 0.15) is 0 Å².